The van der Waals surface area contributed by atoms with Crippen LogP contribution >= 0.6 is 0 Å². The van der Waals surface area contributed by atoms with E-state index in [1.807, 2.05) is 0 Å². The first-order valence-electron chi connectivity index (χ1n) is 4.36. The molecule has 1 unspecified atom stereocenters. The van der Waals surface area contributed by atoms with Crippen molar-refractivity contribution in [1.82, 2.24) is 0 Å². The molecule has 0 aromatic rings. The van der Waals surface area contributed by atoms with E-state index in [2.05, 4.69) is 4.74 Å². The van der Waals surface area contributed by atoms with Crippen molar-refractivity contribution in [3.63, 3.8) is 0 Å². The van der Waals surface area contributed by atoms with Gasteiger partial charge >= 0.3 is 12.3 Å². The summed E-state index contributed by atoms with van der Waals surface area (Å²) in [6.07, 6.45) is -5.67. The smallest absolute Gasteiger partial charge is 0.419 e. The first-order valence-corrected chi connectivity index (χ1v) is 4.36. The number of halogens is 3. The first kappa shape index (κ1) is 11.9. The molecular formula is C9H11F3O3. The summed E-state index contributed by atoms with van der Waals surface area (Å²) in [5.74, 6) is -0.799. The van der Waals surface area contributed by atoms with Crippen molar-refractivity contribution >= 4 is 6.16 Å². The Labute approximate surface area is 84.8 Å². The Morgan fingerprint density at radius 1 is 1.40 bits per heavy atom. The van der Waals surface area contributed by atoms with Crippen molar-refractivity contribution in [2.24, 2.45) is 5.92 Å². The highest BCUT2D eigenvalue weighted by atomic mass is 19.4. The molecule has 1 fully saturated rings. The number of carbonyl (C=O) groups excluding carboxylic acids is 1. The maximum Gasteiger partial charge on any atom is 0.514 e. The molecule has 0 N–H and O–H groups in total. The van der Waals surface area contributed by atoms with E-state index in [4.69, 9.17) is 4.74 Å². The average molecular weight is 224 g/mol. The molecule has 1 aliphatic rings. The molecule has 0 radical (unpaired) electrons. The van der Waals surface area contributed by atoms with Crippen LogP contribution < -0.4 is 0 Å². The fourth-order valence-electron chi connectivity index (χ4n) is 1.16. The molecule has 86 valence electrons. The number of hydrogen-bond donors (Lipinski definition) is 0. The molecule has 1 saturated heterocycles. The maximum absolute atomic E-state index is 12.1. The molecule has 15 heavy (non-hydrogen) atoms. The largest absolute Gasteiger partial charge is 0.514 e. The van der Waals surface area contributed by atoms with Crippen LogP contribution in [0.2, 0.25) is 0 Å². The van der Waals surface area contributed by atoms with Crippen LogP contribution in [0.1, 0.15) is 20.8 Å². The van der Waals surface area contributed by atoms with Crippen LogP contribution in [0.15, 0.2) is 11.8 Å². The van der Waals surface area contributed by atoms with Crippen LogP contribution in [-0.2, 0) is 9.47 Å². The van der Waals surface area contributed by atoms with E-state index in [1.165, 1.54) is 6.92 Å². The van der Waals surface area contributed by atoms with Gasteiger partial charge in [-0.25, -0.2) is 4.79 Å². The van der Waals surface area contributed by atoms with Crippen molar-refractivity contribution in [2.75, 3.05) is 0 Å². The van der Waals surface area contributed by atoms with E-state index in [0.29, 0.717) is 0 Å². The Morgan fingerprint density at radius 2 is 1.93 bits per heavy atom. The molecule has 0 spiro atoms. The summed E-state index contributed by atoms with van der Waals surface area (Å²) >= 11 is 0. The number of rotatable bonds is 1. The molecule has 1 heterocycles. The number of cyclic esters (lactones) is 2. The zero-order chi connectivity index (χ0) is 11.9. The summed E-state index contributed by atoms with van der Waals surface area (Å²) in [6.45, 7) is 4.68. The molecule has 0 aliphatic carbocycles. The summed E-state index contributed by atoms with van der Waals surface area (Å²) in [5.41, 5.74) is -1.34. The number of hydrogen-bond acceptors (Lipinski definition) is 3. The van der Waals surface area contributed by atoms with Crippen LogP contribution in [0.3, 0.4) is 0 Å². The van der Waals surface area contributed by atoms with Crippen molar-refractivity contribution in [3.05, 3.63) is 11.8 Å². The molecule has 0 amide bonds. The Bertz CT molecular complexity index is 306. The van der Waals surface area contributed by atoms with E-state index >= 15 is 0 Å². The van der Waals surface area contributed by atoms with Crippen molar-refractivity contribution < 1.29 is 27.4 Å². The molecule has 1 rings (SSSR count). The number of alkyl halides is 3. The Morgan fingerprint density at radius 3 is 2.33 bits per heavy atom. The lowest BCUT2D eigenvalue weighted by molar-refractivity contribution is -0.0835. The number of allylic oxidation sites excluding steroid dienone is 1. The van der Waals surface area contributed by atoms with E-state index < -0.39 is 23.7 Å². The molecule has 1 atom stereocenters. The predicted octanol–water partition coefficient (Wildman–Crippen LogP) is 3.01. The van der Waals surface area contributed by atoms with Gasteiger partial charge in [-0.1, -0.05) is 13.8 Å². The van der Waals surface area contributed by atoms with Gasteiger partial charge in [0.05, 0.1) is 6.08 Å². The average Bonchev–Trinajstić information content (AvgIpc) is 2.24. The van der Waals surface area contributed by atoms with Gasteiger partial charge in [0.2, 0.25) is 0 Å². The van der Waals surface area contributed by atoms with E-state index in [9.17, 15) is 18.0 Å². The van der Waals surface area contributed by atoms with E-state index in [-0.39, 0.29) is 12.0 Å². The van der Waals surface area contributed by atoms with Gasteiger partial charge in [0.25, 0.3) is 0 Å². The highest BCUT2D eigenvalue weighted by Gasteiger charge is 2.48. The van der Waals surface area contributed by atoms with Crippen LogP contribution in [0.25, 0.3) is 0 Å². The molecular weight excluding hydrogens is 213 g/mol. The number of ether oxygens (including phenoxy) is 2. The highest BCUT2D eigenvalue weighted by Crippen LogP contribution is 2.38. The number of carbonyl (C=O) groups is 1. The van der Waals surface area contributed by atoms with E-state index in [1.54, 1.807) is 13.8 Å². The zero-order valence-corrected chi connectivity index (χ0v) is 8.51. The summed E-state index contributed by atoms with van der Waals surface area (Å²) in [6, 6.07) is 0. The zero-order valence-electron chi connectivity index (χ0n) is 8.51. The molecule has 0 saturated carbocycles. The fraction of sp³-hybridized carbons (Fsp3) is 0.667. The summed E-state index contributed by atoms with van der Waals surface area (Å²) in [5, 5.41) is 0. The molecule has 0 aromatic heterocycles. The second-order valence-electron chi connectivity index (χ2n) is 3.77. The molecule has 3 nitrogen and oxygen atoms in total. The van der Waals surface area contributed by atoms with Crippen LogP contribution in [0.4, 0.5) is 18.0 Å². The van der Waals surface area contributed by atoms with Crippen LogP contribution in [-0.4, -0.2) is 17.9 Å². The minimum Gasteiger partial charge on any atom is -0.419 e. The standard InChI is InChI=1S/C9H11F3O3/c1-5(2)8(3)6(4-9(10,11)12)14-7(13)15-8/h4-5H,1-3H3/b6-4-. The normalized spacial score (nSPS) is 29.5. The summed E-state index contributed by atoms with van der Waals surface area (Å²) < 4.78 is 45.5. The van der Waals surface area contributed by atoms with Gasteiger partial charge in [-0.15, -0.1) is 0 Å². The Kier molecular flexibility index (Phi) is 2.71. The van der Waals surface area contributed by atoms with Gasteiger partial charge in [0.1, 0.15) is 0 Å². The van der Waals surface area contributed by atoms with Gasteiger partial charge in [0, 0.05) is 5.92 Å². The highest BCUT2D eigenvalue weighted by molar-refractivity contribution is 5.66. The third-order valence-electron chi connectivity index (χ3n) is 2.37. The molecule has 6 heteroatoms. The fourth-order valence-corrected chi connectivity index (χ4v) is 1.16. The second kappa shape index (κ2) is 3.43. The minimum absolute atomic E-state index is 0.0437. The van der Waals surface area contributed by atoms with Gasteiger partial charge in [-0.3, -0.25) is 0 Å². The maximum atomic E-state index is 12.1. The van der Waals surface area contributed by atoms with Gasteiger partial charge in [0.15, 0.2) is 11.4 Å². The van der Waals surface area contributed by atoms with Gasteiger partial charge < -0.3 is 9.47 Å². The quantitative estimate of drug-likeness (QED) is 0.642. The Balaban J connectivity index is 3.07. The molecule has 0 bridgehead atoms. The third-order valence-corrected chi connectivity index (χ3v) is 2.37. The lowest BCUT2D eigenvalue weighted by Gasteiger charge is -2.25. The minimum atomic E-state index is -4.53. The third kappa shape index (κ3) is 2.43. The van der Waals surface area contributed by atoms with Crippen molar-refractivity contribution in [2.45, 2.75) is 32.5 Å². The van der Waals surface area contributed by atoms with Crippen LogP contribution in [0.5, 0.6) is 0 Å². The van der Waals surface area contributed by atoms with Crippen molar-refractivity contribution in [3.8, 4) is 0 Å². The van der Waals surface area contributed by atoms with Gasteiger partial charge in [-0.05, 0) is 6.92 Å². The first-order chi connectivity index (χ1) is 6.65. The molecule has 1 aliphatic heterocycles. The molecule has 0 aromatic carbocycles. The topological polar surface area (TPSA) is 35.5 Å². The lowest BCUT2D eigenvalue weighted by Crippen LogP contribution is -2.33. The summed E-state index contributed by atoms with van der Waals surface area (Å²) in [4.78, 5) is 10.8. The van der Waals surface area contributed by atoms with E-state index in [0.717, 1.165) is 0 Å². The van der Waals surface area contributed by atoms with Crippen LogP contribution in [0, 0.1) is 5.92 Å². The van der Waals surface area contributed by atoms with Crippen molar-refractivity contribution in [1.29, 1.82) is 0 Å². The van der Waals surface area contributed by atoms with Gasteiger partial charge in [-0.2, -0.15) is 13.2 Å². The monoisotopic (exact) mass is 224 g/mol. The lowest BCUT2D eigenvalue weighted by atomic mass is 9.90. The summed E-state index contributed by atoms with van der Waals surface area (Å²) in [7, 11) is 0. The SMILES string of the molecule is CC(C)C1(C)OC(=O)O/C1=C\C(F)(F)F. The Hall–Kier alpha value is -1.20. The predicted molar refractivity (Wildman–Crippen MR) is 44.9 cm³/mol. The second-order valence-corrected chi connectivity index (χ2v) is 3.77.